The van der Waals surface area contributed by atoms with Gasteiger partial charge < -0.3 is 10.1 Å². The zero-order valence-electron chi connectivity index (χ0n) is 13.1. The monoisotopic (exact) mass is 267 g/mol. The second-order valence-corrected chi connectivity index (χ2v) is 5.19. The van der Waals surface area contributed by atoms with E-state index in [2.05, 4.69) is 44.2 Å². The van der Waals surface area contributed by atoms with Crippen molar-refractivity contribution >= 4 is 0 Å². The van der Waals surface area contributed by atoms with Gasteiger partial charge in [-0.1, -0.05) is 13.8 Å². The maximum absolute atomic E-state index is 6.01. The highest BCUT2D eigenvalue weighted by Crippen LogP contribution is 2.23. The van der Waals surface area contributed by atoms with Crippen molar-refractivity contribution in [2.75, 3.05) is 13.2 Å². The zero-order chi connectivity index (χ0) is 14.3. The van der Waals surface area contributed by atoms with Gasteiger partial charge in [0.05, 0.1) is 5.60 Å². The fourth-order valence-corrected chi connectivity index (χ4v) is 2.59. The molecule has 0 saturated carbocycles. The molecule has 1 rings (SSSR count). The summed E-state index contributed by atoms with van der Waals surface area (Å²) in [6, 6.07) is 2.46. The maximum Gasteiger partial charge on any atom is 0.0804 e. The van der Waals surface area contributed by atoms with Crippen molar-refractivity contribution in [1.29, 1.82) is 0 Å². The normalized spacial score (nSPS) is 16.3. The molecule has 0 aliphatic heterocycles. The van der Waals surface area contributed by atoms with Crippen LogP contribution in [0.1, 0.15) is 46.2 Å². The Bertz CT molecular complexity index is 364. The molecular formula is C15H29N3O. The maximum atomic E-state index is 6.01. The molecule has 19 heavy (non-hydrogen) atoms. The molecule has 0 radical (unpaired) electrons. The van der Waals surface area contributed by atoms with Crippen molar-refractivity contribution in [1.82, 2.24) is 15.1 Å². The molecule has 110 valence electrons. The third-order valence-corrected chi connectivity index (χ3v) is 3.98. The standard InChI is InChI=1S/C15H29N3O/c1-6-15(4,19-8-3)14(16-7-2)10-9-13-11-12-17-18(13)5/h11-12,14,16H,6-10H2,1-5H3. The van der Waals surface area contributed by atoms with Crippen LogP contribution in [0.5, 0.6) is 0 Å². The lowest BCUT2D eigenvalue weighted by Crippen LogP contribution is -2.50. The molecular weight excluding hydrogens is 238 g/mol. The van der Waals surface area contributed by atoms with Crippen LogP contribution in [0.4, 0.5) is 0 Å². The number of rotatable bonds is 9. The van der Waals surface area contributed by atoms with Crippen LogP contribution >= 0.6 is 0 Å². The van der Waals surface area contributed by atoms with E-state index in [-0.39, 0.29) is 5.60 Å². The topological polar surface area (TPSA) is 39.1 Å². The van der Waals surface area contributed by atoms with Gasteiger partial charge in [0.2, 0.25) is 0 Å². The van der Waals surface area contributed by atoms with Gasteiger partial charge in [0.1, 0.15) is 0 Å². The summed E-state index contributed by atoms with van der Waals surface area (Å²) >= 11 is 0. The molecule has 1 aromatic rings. The molecule has 0 saturated heterocycles. The molecule has 0 spiro atoms. The van der Waals surface area contributed by atoms with Crippen LogP contribution in [0.2, 0.25) is 0 Å². The third kappa shape index (κ3) is 4.32. The van der Waals surface area contributed by atoms with Crippen molar-refractivity contribution in [3.63, 3.8) is 0 Å². The minimum Gasteiger partial charge on any atom is -0.374 e. The number of hydrogen-bond acceptors (Lipinski definition) is 3. The quantitative estimate of drug-likeness (QED) is 0.747. The fraction of sp³-hybridized carbons (Fsp3) is 0.800. The van der Waals surface area contributed by atoms with Crippen LogP contribution in [0.15, 0.2) is 12.3 Å². The Morgan fingerprint density at radius 3 is 2.63 bits per heavy atom. The van der Waals surface area contributed by atoms with E-state index in [1.807, 2.05) is 17.9 Å². The summed E-state index contributed by atoms with van der Waals surface area (Å²) < 4.78 is 7.96. The van der Waals surface area contributed by atoms with Crippen molar-refractivity contribution in [2.45, 2.75) is 58.6 Å². The van der Waals surface area contributed by atoms with Crippen molar-refractivity contribution < 1.29 is 4.74 Å². The van der Waals surface area contributed by atoms with Crippen LogP contribution in [0.3, 0.4) is 0 Å². The largest absolute Gasteiger partial charge is 0.374 e. The number of likely N-dealkylation sites (N-methyl/N-ethyl adjacent to an activating group) is 1. The Morgan fingerprint density at radius 2 is 2.16 bits per heavy atom. The minimum atomic E-state index is -0.0939. The summed E-state index contributed by atoms with van der Waals surface area (Å²) in [6.45, 7) is 10.4. The van der Waals surface area contributed by atoms with Crippen LogP contribution < -0.4 is 5.32 Å². The number of hydrogen-bond donors (Lipinski definition) is 1. The van der Waals surface area contributed by atoms with Gasteiger partial charge in [0, 0.05) is 31.6 Å². The van der Waals surface area contributed by atoms with Crippen molar-refractivity contribution in [3.8, 4) is 0 Å². The van der Waals surface area contributed by atoms with E-state index < -0.39 is 0 Å². The van der Waals surface area contributed by atoms with E-state index in [0.717, 1.165) is 32.4 Å². The first kappa shape index (κ1) is 16.2. The summed E-state index contributed by atoms with van der Waals surface area (Å²) in [5.74, 6) is 0. The summed E-state index contributed by atoms with van der Waals surface area (Å²) in [5, 5.41) is 7.81. The van der Waals surface area contributed by atoms with E-state index in [1.165, 1.54) is 5.69 Å². The summed E-state index contributed by atoms with van der Waals surface area (Å²) in [5.41, 5.74) is 1.18. The first-order valence-electron chi connectivity index (χ1n) is 7.41. The van der Waals surface area contributed by atoms with Gasteiger partial charge in [-0.05, 0) is 45.7 Å². The molecule has 1 heterocycles. The van der Waals surface area contributed by atoms with E-state index in [9.17, 15) is 0 Å². The smallest absolute Gasteiger partial charge is 0.0804 e. The summed E-state index contributed by atoms with van der Waals surface area (Å²) in [6.07, 6.45) is 4.97. The minimum absolute atomic E-state index is 0.0939. The lowest BCUT2D eigenvalue weighted by Gasteiger charge is -2.37. The van der Waals surface area contributed by atoms with Gasteiger partial charge in [-0.15, -0.1) is 0 Å². The van der Waals surface area contributed by atoms with E-state index in [4.69, 9.17) is 4.74 Å². The Kier molecular flexibility index (Phi) is 6.52. The third-order valence-electron chi connectivity index (χ3n) is 3.98. The highest BCUT2D eigenvalue weighted by Gasteiger charge is 2.32. The predicted octanol–water partition coefficient (Wildman–Crippen LogP) is 2.54. The molecule has 2 unspecified atom stereocenters. The second-order valence-electron chi connectivity index (χ2n) is 5.19. The van der Waals surface area contributed by atoms with Crippen molar-refractivity contribution in [2.24, 2.45) is 7.05 Å². The van der Waals surface area contributed by atoms with Gasteiger partial charge in [-0.25, -0.2) is 0 Å². The zero-order valence-corrected chi connectivity index (χ0v) is 13.1. The lowest BCUT2D eigenvalue weighted by atomic mass is 9.89. The Hall–Kier alpha value is -0.870. The van der Waals surface area contributed by atoms with Gasteiger partial charge >= 0.3 is 0 Å². The number of ether oxygens (including phenoxy) is 1. The van der Waals surface area contributed by atoms with E-state index >= 15 is 0 Å². The molecule has 0 aliphatic carbocycles. The SMILES string of the molecule is CCNC(CCc1ccnn1C)C(C)(CC)OCC. The number of nitrogens with zero attached hydrogens (tertiary/aromatic N) is 2. The molecule has 4 heteroatoms. The van der Waals surface area contributed by atoms with Crippen LogP contribution in [-0.2, 0) is 18.2 Å². The van der Waals surface area contributed by atoms with Gasteiger partial charge in [0.25, 0.3) is 0 Å². The Morgan fingerprint density at radius 1 is 1.42 bits per heavy atom. The highest BCUT2D eigenvalue weighted by atomic mass is 16.5. The highest BCUT2D eigenvalue weighted by molar-refractivity contribution is 5.02. The van der Waals surface area contributed by atoms with Crippen molar-refractivity contribution in [3.05, 3.63) is 18.0 Å². The number of aromatic nitrogens is 2. The molecule has 4 nitrogen and oxygen atoms in total. The summed E-state index contributed by atoms with van der Waals surface area (Å²) in [7, 11) is 2.00. The number of nitrogens with one attached hydrogen (secondary N) is 1. The molecule has 1 aromatic heterocycles. The average Bonchev–Trinajstić information content (AvgIpc) is 2.80. The molecule has 0 aliphatic rings. The predicted molar refractivity (Wildman–Crippen MR) is 79.3 cm³/mol. The summed E-state index contributed by atoms with van der Waals surface area (Å²) in [4.78, 5) is 0. The first-order chi connectivity index (χ1) is 9.07. The Labute approximate surface area is 117 Å². The van der Waals surface area contributed by atoms with E-state index in [0.29, 0.717) is 6.04 Å². The van der Waals surface area contributed by atoms with Crippen LogP contribution in [0.25, 0.3) is 0 Å². The molecule has 0 amide bonds. The first-order valence-corrected chi connectivity index (χ1v) is 7.41. The molecule has 0 bridgehead atoms. The number of aryl methyl sites for hydroxylation is 2. The fourth-order valence-electron chi connectivity index (χ4n) is 2.59. The van der Waals surface area contributed by atoms with Crippen LogP contribution in [0, 0.1) is 0 Å². The second kappa shape index (κ2) is 7.65. The van der Waals surface area contributed by atoms with Crippen LogP contribution in [-0.4, -0.2) is 34.6 Å². The molecule has 0 aromatic carbocycles. The van der Waals surface area contributed by atoms with E-state index in [1.54, 1.807) is 0 Å². The van der Waals surface area contributed by atoms with Gasteiger partial charge in [0.15, 0.2) is 0 Å². The lowest BCUT2D eigenvalue weighted by molar-refractivity contribution is -0.0566. The molecule has 1 N–H and O–H groups in total. The molecule has 2 atom stereocenters. The molecule has 0 fully saturated rings. The van der Waals surface area contributed by atoms with Gasteiger partial charge in [-0.2, -0.15) is 5.10 Å². The average molecular weight is 267 g/mol. The Balaban J connectivity index is 2.68. The van der Waals surface area contributed by atoms with Gasteiger partial charge in [-0.3, -0.25) is 4.68 Å².